The monoisotopic (exact) mass is 684 g/mol. The first-order valence-electron chi connectivity index (χ1n) is 18.7. The third kappa shape index (κ3) is 5.66. The van der Waals surface area contributed by atoms with Crippen LogP contribution in [0.3, 0.4) is 0 Å². The molecule has 0 fully saturated rings. The molecule has 0 aliphatic heterocycles. The van der Waals surface area contributed by atoms with E-state index in [9.17, 15) is 0 Å². The molecule has 10 aromatic rings. The summed E-state index contributed by atoms with van der Waals surface area (Å²) in [5.41, 5.74) is 14.6. The van der Waals surface area contributed by atoms with Crippen LogP contribution < -0.4 is 0 Å². The molecule has 0 bridgehead atoms. The minimum atomic E-state index is 1.20. The Labute approximate surface area is 316 Å². The van der Waals surface area contributed by atoms with Gasteiger partial charge in [0.05, 0.1) is 0 Å². The predicted octanol–water partition coefficient (Wildman–Crippen LogP) is 15.1. The molecule has 0 aromatic heterocycles. The summed E-state index contributed by atoms with van der Waals surface area (Å²) in [5, 5.41) is 7.46. The van der Waals surface area contributed by atoms with E-state index in [0.717, 1.165) is 0 Å². The van der Waals surface area contributed by atoms with Crippen molar-refractivity contribution in [2.24, 2.45) is 0 Å². The zero-order valence-corrected chi connectivity index (χ0v) is 29.8. The van der Waals surface area contributed by atoms with Crippen molar-refractivity contribution >= 4 is 32.3 Å². The summed E-state index contributed by atoms with van der Waals surface area (Å²) in [5.74, 6) is 0. The lowest BCUT2D eigenvalue weighted by Crippen LogP contribution is -1.93. The van der Waals surface area contributed by atoms with E-state index in [1.165, 1.54) is 99.1 Å². The molecule has 252 valence electrons. The number of benzene rings is 10. The standard InChI is InChI=1S/C54H36/c1-5-16-37(17-6-1)43-28-30-47(50(33-43)39-20-9-3-10-21-39)46-26-15-27-48-53(46)36-45-32-41-24-13-14-25-42(41)35-52(45)54(48)49-31-29-44(38-18-7-2-8-19-38)34-51(49)40-22-11-4-12-23-40/h1-36H. The van der Waals surface area contributed by atoms with Crippen molar-refractivity contribution in [2.45, 2.75) is 0 Å². The van der Waals surface area contributed by atoms with Crippen LogP contribution >= 0.6 is 0 Å². The Kier molecular flexibility index (Phi) is 7.93. The Morgan fingerprint density at radius 1 is 0.185 bits per heavy atom. The third-order valence-electron chi connectivity index (χ3n) is 10.8. The van der Waals surface area contributed by atoms with Crippen LogP contribution in [0, 0.1) is 0 Å². The van der Waals surface area contributed by atoms with Crippen LogP contribution in [-0.4, -0.2) is 0 Å². The van der Waals surface area contributed by atoms with E-state index in [-0.39, 0.29) is 0 Å². The first-order valence-corrected chi connectivity index (χ1v) is 18.7. The summed E-state index contributed by atoms with van der Waals surface area (Å²) in [7, 11) is 0. The van der Waals surface area contributed by atoms with Crippen molar-refractivity contribution < 1.29 is 0 Å². The molecule has 0 heteroatoms. The van der Waals surface area contributed by atoms with Crippen molar-refractivity contribution in [1.29, 1.82) is 0 Å². The Bertz CT molecular complexity index is 2940. The molecule has 0 aliphatic rings. The average molecular weight is 685 g/mol. The Hall–Kier alpha value is -7.02. The maximum atomic E-state index is 2.43. The highest BCUT2D eigenvalue weighted by Crippen LogP contribution is 2.47. The van der Waals surface area contributed by atoms with Crippen LogP contribution in [0.4, 0.5) is 0 Å². The zero-order valence-electron chi connectivity index (χ0n) is 29.8. The fourth-order valence-corrected chi connectivity index (χ4v) is 8.23. The highest BCUT2D eigenvalue weighted by atomic mass is 14.2. The van der Waals surface area contributed by atoms with Gasteiger partial charge in [-0.3, -0.25) is 0 Å². The van der Waals surface area contributed by atoms with Gasteiger partial charge in [0.1, 0.15) is 0 Å². The maximum Gasteiger partial charge on any atom is -0.00201 e. The number of rotatable bonds is 6. The van der Waals surface area contributed by atoms with Crippen molar-refractivity contribution in [3.63, 3.8) is 0 Å². The molecule has 0 saturated carbocycles. The lowest BCUT2D eigenvalue weighted by Gasteiger charge is -2.20. The molecule has 0 amide bonds. The van der Waals surface area contributed by atoms with Crippen LogP contribution in [0.25, 0.3) is 99.1 Å². The number of fused-ring (bicyclic) bond motifs is 3. The van der Waals surface area contributed by atoms with Gasteiger partial charge >= 0.3 is 0 Å². The highest BCUT2D eigenvalue weighted by molar-refractivity contribution is 6.20. The summed E-state index contributed by atoms with van der Waals surface area (Å²) >= 11 is 0. The third-order valence-corrected chi connectivity index (χ3v) is 10.8. The molecular weight excluding hydrogens is 649 g/mol. The van der Waals surface area contributed by atoms with Gasteiger partial charge in [-0.15, -0.1) is 0 Å². The van der Waals surface area contributed by atoms with Gasteiger partial charge in [0, 0.05) is 0 Å². The molecule has 54 heavy (non-hydrogen) atoms. The van der Waals surface area contributed by atoms with Gasteiger partial charge in [-0.05, 0) is 129 Å². The molecule has 0 N–H and O–H groups in total. The van der Waals surface area contributed by atoms with E-state index < -0.39 is 0 Å². The van der Waals surface area contributed by atoms with Gasteiger partial charge in [0.25, 0.3) is 0 Å². The van der Waals surface area contributed by atoms with E-state index in [1.807, 2.05) is 0 Å². The second kappa shape index (κ2) is 13.5. The van der Waals surface area contributed by atoms with E-state index in [1.54, 1.807) is 0 Å². The van der Waals surface area contributed by atoms with Gasteiger partial charge in [-0.1, -0.05) is 188 Å². The lowest BCUT2D eigenvalue weighted by atomic mass is 9.83. The van der Waals surface area contributed by atoms with Crippen LogP contribution in [0.1, 0.15) is 0 Å². The Morgan fingerprint density at radius 3 is 1.22 bits per heavy atom. The van der Waals surface area contributed by atoms with Gasteiger partial charge in [0.15, 0.2) is 0 Å². The molecule has 0 heterocycles. The van der Waals surface area contributed by atoms with Crippen molar-refractivity contribution in [1.82, 2.24) is 0 Å². The van der Waals surface area contributed by atoms with Crippen LogP contribution in [-0.2, 0) is 0 Å². The second-order valence-corrected chi connectivity index (χ2v) is 14.1. The summed E-state index contributed by atoms with van der Waals surface area (Å²) in [6.07, 6.45) is 0. The van der Waals surface area contributed by atoms with E-state index in [0.29, 0.717) is 0 Å². The van der Waals surface area contributed by atoms with Crippen LogP contribution in [0.5, 0.6) is 0 Å². The van der Waals surface area contributed by atoms with Crippen molar-refractivity contribution in [3.05, 3.63) is 218 Å². The number of hydrogen-bond donors (Lipinski definition) is 0. The molecule has 0 radical (unpaired) electrons. The summed E-state index contributed by atoms with van der Waals surface area (Å²) in [6.45, 7) is 0. The normalized spacial score (nSPS) is 11.3. The zero-order chi connectivity index (χ0) is 35.8. The van der Waals surface area contributed by atoms with Gasteiger partial charge in [-0.2, -0.15) is 0 Å². The topological polar surface area (TPSA) is 0 Å². The summed E-state index contributed by atoms with van der Waals surface area (Å²) in [6, 6.07) is 79.9. The SMILES string of the molecule is c1ccc(-c2ccc(-c3cccc4c(-c5ccc(-c6ccccc6)cc5-c5ccccc5)c5cc6ccccc6cc5cc34)c(-c3ccccc3)c2)cc1. The first kappa shape index (κ1) is 31.7. The van der Waals surface area contributed by atoms with E-state index >= 15 is 0 Å². The minimum absolute atomic E-state index is 1.20. The highest BCUT2D eigenvalue weighted by Gasteiger charge is 2.20. The largest absolute Gasteiger partial charge is 0.0622 e. The van der Waals surface area contributed by atoms with Crippen molar-refractivity contribution in [3.8, 4) is 66.8 Å². The quantitative estimate of drug-likeness (QED) is 0.153. The molecule has 0 atom stereocenters. The Balaban J connectivity index is 1.30. The van der Waals surface area contributed by atoms with Gasteiger partial charge in [0.2, 0.25) is 0 Å². The minimum Gasteiger partial charge on any atom is -0.0622 e. The van der Waals surface area contributed by atoms with E-state index in [4.69, 9.17) is 0 Å². The van der Waals surface area contributed by atoms with Crippen LogP contribution in [0.2, 0.25) is 0 Å². The molecule has 0 spiro atoms. The van der Waals surface area contributed by atoms with Crippen LogP contribution in [0.15, 0.2) is 218 Å². The summed E-state index contributed by atoms with van der Waals surface area (Å²) in [4.78, 5) is 0. The van der Waals surface area contributed by atoms with Gasteiger partial charge in [-0.25, -0.2) is 0 Å². The van der Waals surface area contributed by atoms with Gasteiger partial charge < -0.3 is 0 Å². The fourth-order valence-electron chi connectivity index (χ4n) is 8.23. The molecular formula is C54H36. The molecule has 0 nitrogen and oxygen atoms in total. The fraction of sp³-hybridized carbons (Fsp3) is 0. The predicted molar refractivity (Wildman–Crippen MR) is 232 cm³/mol. The second-order valence-electron chi connectivity index (χ2n) is 14.1. The Morgan fingerprint density at radius 2 is 0.648 bits per heavy atom. The molecule has 0 saturated heterocycles. The molecule has 10 rings (SSSR count). The molecule has 0 unspecified atom stereocenters. The van der Waals surface area contributed by atoms with Crippen molar-refractivity contribution in [2.75, 3.05) is 0 Å². The first-order chi connectivity index (χ1) is 26.8. The smallest absolute Gasteiger partial charge is 0.00201 e. The lowest BCUT2D eigenvalue weighted by molar-refractivity contribution is 1.57. The molecule has 0 aliphatic carbocycles. The summed E-state index contributed by atoms with van der Waals surface area (Å²) < 4.78 is 0. The molecule has 10 aromatic carbocycles. The average Bonchev–Trinajstić information content (AvgIpc) is 3.25. The maximum absolute atomic E-state index is 2.43. The number of hydrogen-bond acceptors (Lipinski definition) is 0. The van der Waals surface area contributed by atoms with E-state index in [2.05, 4.69) is 218 Å².